The minimum atomic E-state index is -0.515. The molecule has 0 bridgehead atoms. The van der Waals surface area contributed by atoms with Crippen molar-refractivity contribution in [1.29, 1.82) is 0 Å². The lowest BCUT2D eigenvalue weighted by molar-refractivity contribution is -0.384. The molecular weight excluding hydrogens is 380 g/mol. The Bertz CT molecular complexity index is 474. The summed E-state index contributed by atoms with van der Waals surface area (Å²) in [5.74, 6) is -0.466. The Morgan fingerprint density at radius 3 is 2.80 bits per heavy atom. The number of nitro benzene ring substituents is 1. The smallest absolute Gasteiger partial charge is 0.293 e. The lowest BCUT2D eigenvalue weighted by Crippen LogP contribution is -2.28. The monoisotopic (exact) mass is 397 g/mol. The van der Waals surface area contributed by atoms with Gasteiger partial charge in [-0.2, -0.15) is 0 Å². The Morgan fingerprint density at radius 1 is 1.50 bits per heavy atom. The molecule has 0 atom stereocenters. The third-order valence-corrected chi connectivity index (χ3v) is 3.55. The third kappa shape index (κ3) is 5.17. The molecule has 0 aliphatic heterocycles. The molecule has 0 fully saturated rings. The van der Waals surface area contributed by atoms with Crippen molar-refractivity contribution in [3.63, 3.8) is 0 Å². The summed E-state index contributed by atoms with van der Waals surface area (Å²) in [6, 6.07) is 2.39. The van der Waals surface area contributed by atoms with Gasteiger partial charge in [0.15, 0.2) is 0 Å². The van der Waals surface area contributed by atoms with Crippen molar-refractivity contribution < 1.29 is 14.1 Å². The molecule has 1 N–H and O–H groups in total. The summed E-state index contributed by atoms with van der Waals surface area (Å²) in [4.78, 5) is 12.4. The summed E-state index contributed by atoms with van der Waals surface area (Å²) < 4.78 is 18.7. The molecule has 1 rings (SSSR count). The second-order valence-corrected chi connectivity index (χ2v) is 5.43. The predicted octanol–water partition coefficient (Wildman–Crippen LogP) is 2.33. The van der Waals surface area contributed by atoms with Crippen molar-refractivity contribution in [2.75, 3.05) is 45.7 Å². The Labute approximate surface area is 130 Å². The van der Waals surface area contributed by atoms with E-state index in [1.807, 2.05) is 11.9 Å². The van der Waals surface area contributed by atoms with E-state index in [2.05, 4.69) is 5.32 Å². The van der Waals surface area contributed by atoms with Crippen LogP contribution in [0, 0.1) is 19.5 Å². The van der Waals surface area contributed by atoms with Gasteiger partial charge in [-0.05, 0) is 29.6 Å². The van der Waals surface area contributed by atoms with Crippen LogP contribution in [0.1, 0.15) is 0 Å². The van der Waals surface area contributed by atoms with Crippen molar-refractivity contribution in [2.24, 2.45) is 0 Å². The Morgan fingerprint density at radius 2 is 2.20 bits per heavy atom. The Kier molecular flexibility index (Phi) is 7.10. The Balaban J connectivity index is 2.63. The lowest BCUT2D eigenvalue weighted by atomic mass is 10.2. The Hall–Kier alpha value is -1.00. The molecule has 0 amide bonds. The second-order valence-electron chi connectivity index (χ2n) is 4.26. The van der Waals surface area contributed by atoms with E-state index < -0.39 is 10.7 Å². The van der Waals surface area contributed by atoms with Crippen molar-refractivity contribution in [2.45, 2.75) is 0 Å². The predicted molar refractivity (Wildman–Crippen MR) is 83.6 cm³/mol. The zero-order chi connectivity index (χ0) is 15.1. The fraction of sp³-hybridized carbons (Fsp3) is 0.500. The van der Waals surface area contributed by atoms with Gasteiger partial charge in [-0.1, -0.05) is 0 Å². The van der Waals surface area contributed by atoms with E-state index in [0.29, 0.717) is 19.7 Å². The van der Waals surface area contributed by atoms with E-state index in [1.165, 1.54) is 6.07 Å². The number of methoxy groups -OCH3 is 1. The highest BCUT2D eigenvalue weighted by Crippen LogP contribution is 2.28. The van der Waals surface area contributed by atoms with E-state index in [1.54, 1.807) is 29.7 Å². The first-order valence-corrected chi connectivity index (χ1v) is 7.08. The van der Waals surface area contributed by atoms with Crippen LogP contribution in [0.2, 0.25) is 0 Å². The molecule has 0 aliphatic rings. The molecule has 6 nitrogen and oxygen atoms in total. The summed E-state index contributed by atoms with van der Waals surface area (Å²) in [7, 11) is 3.55. The quantitative estimate of drug-likeness (QED) is 0.415. The molecule has 0 spiro atoms. The van der Waals surface area contributed by atoms with E-state index >= 15 is 0 Å². The number of hydrogen-bond donors (Lipinski definition) is 1. The highest BCUT2D eigenvalue weighted by molar-refractivity contribution is 14.1. The largest absolute Gasteiger partial charge is 0.383 e. The number of likely N-dealkylation sites (N-methyl/N-ethyl adjacent to an activating group) is 1. The summed E-state index contributed by atoms with van der Waals surface area (Å²) in [5.41, 5.74) is 0.0865. The molecule has 1 aromatic rings. The number of nitrogens with one attached hydrogen (secondary N) is 1. The first-order valence-electron chi connectivity index (χ1n) is 6.00. The number of halogens is 2. The highest BCUT2D eigenvalue weighted by Gasteiger charge is 2.17. The van der Waals surface area contributed by atoms with Crippen LogP contribution in [-0.2, 0) is 4.74 Å². The topological polar surface area (TPSA) is 67.6 Å². The number of hydrogen-bond acceptors (Lipinski definition) is 5. The van der Waals surface area contributed by atoms with Crippen molar-refractivity contribution in [3.8, 4) is 0 Å². The van der Waals surface area contributed by atoms with Crippen molar-refractivity contribution >= 4 is 34.0 Å². The third-order valence-electron chi connectivity index (χ3n) is 2.72. The minimum Gasteiger partial charge on any atom is -0.383 e. The molecule has 112 valence electrons. The van der Waals surface area contributed by atoms with Crippen LogP contribution < -0.4 is 5.32 Å². The normalized spacial score (nSPS) is 10.8. The first kappa shape index (κ1) is 17.1. The number of nitrogens with zero attached hydrogens (tertiary/aromatic N) is 2. The zero-order valence-corrected chi connectivity index (χ0v) is 13.5. The van der Waals surface area contributed by atoms with E-state index in [4.69, 9.17) is 4.74 Å². The van der Waals surface area contributed by atoms with Crippen LogP contribution >= 0.6 is 22.6 Å². The number of ether oxygens (including phenoxy) is 1. The van der Waals surface area contributed by atoms with Gasteiger partial charge in [-0.25, -0.2) is 4.39 Å². The molecule has 0 heterocycles. The number of nitro groups is 1. The maximum atomic E-state index is 13.5. The van der Waals surface area contributed by atoms with Crippen molar-refractivity contribution in [1.82, 2.24) is 4.90 Å². The molecule has 1 aromatic carbocycles. The molecule has 0 aliphatic carbocycles. The maximum absolute atomic E-state index is 13.5. The fourth-order valence-electron chi connectivity index (χ4n) is 1.57. The molecule has 0 saturated heterocycles. The number of rotatable bonds is 8. The first-order chi connectivity index (χ1) is 9.45. The van der Waals surface area contributed by atoms with Gasteiger partial charge in [-0.15, -0.1) is 0 Å². The van der Waals surface area contributed by atoms with Crippen LogP contribution in [0.4, 0.5) is 15.8 Å². The molecule has 0 saturated carbocycles. The summed E-state index contributed by atoms with van der Waals surface area (Å²) in [6.07, 6.45) is 0. The lowest BCUT2D eigenvalue weighted by Gasteiger charge is -2.16. The highest BCUT2D eigenvalue weighted by atomic mass is 127. The van der Waals surface area contributed by atoms with Crippen LogP contribution in [0.25, 0.3) is 0 Å². The molecule has 20 heavy (non-hydrogen) atoms. The van der Waals surface area contributed by atoms with E-state index in [-0.39, 0.29) is 14.9 Å². The van der Waals surface area contributed by atoms with E-state index in [0.717, 1.165) is 12.6 Å². The van der Waals surface area contributed by atoms with E-state index in [9.17, 15) is 14.5 Å². The standard InChI is InChI=1S/C12H17FIN3O3/c1-16(5-6-20-2)4-3-15-11-7-9(13)10(14)8-12(11)17(18)19/h7-8,15H,3-6H2,1-2H3. The average molecular weight is 397 g/mol. The van der Waals surface area contributed by atoms with Crippen LogP contribution in [0.15, 0.2) is 12.1 Å². The SMILES string of the molecule is COCCN(C)CCNc1cc(F)c(I)cc1[N+](=O)[O-]. The fourth-order valence-corrected chi connectivity index (χ4v) is 2.02. The molecular formula is C12H17FIN3O3. The molecule has 8 heteroatoms. The van der Waals surface area contributed by atoms with Gasteiger partial charge in [0.1, 0.15) is 11.5 Å². The van der Waals surface area contributed by atoms with Crippen LogP contribution in [0.5, 0.6) is 0 Å². The van der Waals surface area contributed by atoms with Crippen LogP contribution in [0.3, 0.4) is 0 Å². The molecule has 0 unspecified atom stereocenters. The number of benzene rings is 1. The van der Waals surface area contributed by atoms with Gasteiger partial charge in [0.05, 0.1) is 15.1 Å². The number of anilines is 1. The summed E-state index contributed by atoms with van der Waals surface area (Å²) in [6.45, 7) is 2.55. The second kappa shape index (κ2) is 8.32. The average Bonchev–Trinajstić information content (AvgIpc) is 2.39. The maximum Gasteiger partial charge on any atom is 0.293 e. The summed E-state index contributed by atoms with van der Waals surface area (Å²) in [5, 5.41) is 13.8. The van der Waals surface area contributed by atoms with Crippen LogP contribution in [-0.4, -0.2) is 50.2 Å². The van der Waals surface area contributed by atoms with Gasteiger partial charge in [0, 0.05) is 38.9 Å². The van der Waals surface area contributed by atoms with Gasteiger partial charge in [0.25, 0.3) is 5.69 Å². The van der Waals surface area contributed by atoms with Gasteiger partial charge in [0.2, 0.25) is 0 Å². The molecule has 0 radical (unpaired) electrons. The van der Waals surface area contributed by atoms with Gasteiger partial charge in [-0.3, -0.25) is 10.1 Å². The zero-order valence-electron chi connectivity index (χ0n) is 11.4. The molecule has 0 aromatic heterocycles. The van der Waals surface area contributed by atoms with Gasteiger partial charge < -0.3 is 15.0 Å². The van der Waals surface area contributed by atoms with Gasteiger partial charge >= 0.3 is 0 Å². The van der Waals surface area contributed by atoms with Crippen molar-refractivity contribution in [3.05, 3.63) is 31.6 Å². The minimum absolute atomic E-state index is 0.115. The summed E-state index contributed by atoms with van der Waals surface area (Å²) >= 11 is 1.73.